The standard InChI is InChI=1S/C24H26N4O.ClH/c1-16-7-11-21(12-8-16)28-15-22(23(27-28)17-5-3-2-4-6-17)24(29)26-20-13-18-9-10-19(14-20)25-18;/h2-8,11-12,15,18-20,25H,9-10,13-14H2,1H3,(H,26,29);1H. The molecule has 2 aliphatic rings. The first kappa shape index (κ1) is 20.6. The fourth-order valence-electron chi connectivity index (χ4n) is 4.62. The lowest BCUT2D eigenvalue weighted by molar-refractivity contribution is 0.0924. The van der Waals surface area contributed by atoms with Crippen LogP contribution in [0.3, 0.4) is 0 Å². The van der Waals surface area contributed by atoms with Gasteiger partial charge in [0, 0.05) is 29.9 Å². The number of nitrogens with one attached hydrogen (secondary N) is 2. The second-order valence-electron chi connectivity index (χ2n) is 8.32. The molecule has 2 bridgehead atoms. The molecule has 2 aliphatic heterocycles. The van der Waals surface area contributed by atoms with Gasteiger partial charge in [-0.1, -0.05) is 48.0 Å². The molecule has 1 aromatic heterocycles. The van der Waals surface area contributed by atoms with E-state index in [1.807, 2.05) is 53.3 Å². The lowest BCUT2D eigenvalue weighted by atomic mass is 9.99. The molecule has 0 aliphatic carbocycles. The van der Waals surface area contributed by atoms with Gasteiger partial charge in [0.05, 0.1) is 11.3 Å². The lowest BCUT2D eigenvalue weighted by Crippen LogP contribution is -2.48. The van der Waals surface area contributed by atoms with Crippen LogP contribution in [0, 0.1) is 6.92 Å². The summed E-state index contributed by atoms with van der Waals surface area (Å²) in [6, 6.07) is 19.4. The Hall–Kier alpha value is -2.63. The van der Waals surface area contributed by atoms with Crippen molar-refractivity contribution < 1.29 is 4.79 Å². The molecule has 2 N–H and O–H groups in total. The van der Waals surface area contributed by atoms with Crippen LogP contribution in [-0.2, 0) is 0 Å². The Morgan fingerprint density at radius 1 is 1.03 bits per heavy atom. The van der Waals surface area contributed by atoms with Crippen LogP contribution in [0.15, 0.2) is 60.8 Å². The summed E-state index contributed by atoms with van der Waals surface area (Å²) >= 11 is 0. The van der Waals surface area contributed by atoms with Crippen LogP contribution in [0.1, 0.15) is 41.6 Å². The predicted molar refractivity (Wildman–Crippen MR) is 121 cm³/mol. The molecule has 2 unspecified atom stereocenters. The number of carbonyl (C=O) groups excluding carboxylic acids is 1. The highest BCUT2D eigenvalue weighted by Crippen LogP contribution is 2.28. The van der Waals surface area contributed by atoms with Crippen molar-refractivity contribution in [3.05, 3.63) is 71.9 Å². The number of aryl methyl sites for hydroxylation is 1. The lowest BCUT2D eigenvalue weighted by Gasteiger charge is -2.29. The van der Waals surface area contributed by atoms with Crippen LogP contribution in [0.2, 0.25) is 0 Å². The average Bonchev–Trinajstić information content (AvgIpc) is 3.33. The Kier molecular flexibility index (Phi) is 5.93. The van der Waals surface area contributed by atoms with Gasteiger partial charge in [-0.05, 0) is 44.7 Å². The third kappa shape index (κ3) is 4.13. The molecular weight excluding hydrogens is 396 g/mol. The first-order valence-electron chi connectivity index (χ1n) is 10.4. The summed E-state index contributed by atoms with van der Waals surface area (Å²) in [5, 5.41) is 11.7. The SMILES string of the molecule is Cc1ccc(-n2cc(C(=O)NC3CC4CCC(C3)N4)c(-c3ccccc3)n2)cc1.Cl. The second-order valence-corrected chi connectivity index (χ2v) is 8.32. The van der Waals surface area contributed by atoms with E-state index in [0.717, 1.165) is 29.8 Å². The average molecular weight is 423 g/mol. The number of amides is 1. The largest absolute Gasteiger partial charge is 0.349 e. The van der Waals surface area contributed by atoms with Crippen molar-refractivity contribution in [1.29, 1.82) is 0 Å². The minimum absolute atomic E-state index is 0. The molecule has 2 aromatic carbocycles. The van der Waals surface area contributed by atoms with Crippen molar-refractivity contribution in [2.24, 2.45) is 0 Å². The highest BCUT2D eigenvalue weighted by molar-refractivity contribution is 6.00. The monoisotopic (exact) mass is 422 g/mol. The van der Waals surface area contributed by atoms with Gasteiger partial charge in [0.1, 0.15) is 5.69 Å². The Balaban J connectivity index is 0.00000218. The number of fused-ring (bicyclic) bond motifs is 2. The van der Waals surface area contributed by atoms with Crippen LogP contribution >= 0.6 is 12.4 Å². The fraction of sp³-hybridized carbons (Fsp3) is 0.333. The summed E-state index contributed by atoms with van der Waals surface area (Å²) in [7, 11) is 0. The highest BCUT2D eigenvalue weighted by atomic mass is 35.5. The summed E-state index contributed by atoms with van der Waals surface area (Å²) in [4.78, 5) is 13.3. The van der Waals surface area contributed by atoms with Gasteiger partial charge in [-0.2, -0.15) is 5.10 Å². The summed E-state index contributed by atoms with van der Waals surface area (Å²) in [6.07, 6.45) is 6.32. The van der Waals surface area contributed by atoms with Gasteiger partial charge in [0.15, 0.2) is 0 Å². The number of hydrogen-bond donors (Lipinski definition) is 2. The third-order valence-electron chi connectivity index (χ3n) is 6.11. The Morgan fingerprint density at radius 2 is 1.70 bits per heavy atom. The zero-order chi connectivity index (χ0) is 19.8. The van der Waals surface area contributed by atoms with E-state index < -0.39 is 0 Å². The quantitative estimate of drug-likeness (QED) is 0.659. The van der Waals surface area contributed by atoms with Crippen LogP contribution in [0.25, 0.3) is 16.9 Å². The number of piperidine rings is 1. The highest BCUT2D eigenvalue weighted by Gasteiger charge is 2.34. The third-order valence-corrected chi connectivity index (χ3v) is 6.11. The maximum absolute atomic E-state index is 13.3. The summed E-state index contributed by atoms with van der Waals surface area (Å²) < 4.78 is 1.81. The van der Waals surface area contributed by atoms with E-state index in [0.29, 0.717) is 17.6 Å². The van der Waals surface area contributed by atoms with Gasteiger partial charge in [-0.15, -0.1) is 12.4 Å². The van der Waals surface area contributed by atoms with E-state index in [4.69, 9.17) is 5.10 Å². The smallest absolute Gasteiger partial charge is 0.255 e. The van der Waals surface area contributed by atoms with Crippen molar-refractivity contribution in [2.75, 3.05) is 0 Å². The molecule has 5 rings (SSSR count). The number of hydrogen-bond acceptors (Lipinski definition) is 3. The molecule has 156 valence electrons. The zero-order valence-electron chi connectivity index (χ0n) is 17.0. The number of aromatic nitrogens is 2. The minimum atomic E-state index is -0.0338. The second kappa shape index (κ2) is 8.62. The Morgan fingerprint density at radius 3 is 2.37 bits per heavy atom. The van der Waals surface area contributed by atoms with Gasteiger partial charge in [0.25, 0.3) is 5.91 Å². The normalized spacial score (nSPS) is 22.4. The molecule has 2 atom stereocenters. The predicted octanol–water partition coefficient (Wildman–Crippen LogP) is 4.28. The topological polar surface area (TPSA) is 59.0 Å². The van der Waals surface area contributed by atoms with Gasteiger partial charge in [0.2, 0.25) is 0 Å². The van der Waals surface area contributed by atoms with E-state index in [2.05, 4.69) is 29.7 Å². The number of benzene rings is 2. The van der Waals surface area contributed by atoms with Crippen LogP contribution in [0.5, 0.6) is 0 Å². The molecule has 0 saturated carbocycles. The van der Waals surface area contributed by atoms with Crippen LogP contribution in [-0.4, -0.2) is 33.8 Å². The minimum Gasteiger partial charge on any atom is -0.349 e. The molecule has 6 heteroatoms. The number of rotatable bonds is 4. The Bertz CT molecular complexity index is 1000. The molecule has 3 aromatic rings. The molecule has 2 saturated heterocycles. The molecule has 1 amide bonds. The van der Waals surface area contributed by atoms with E-state index in [9.17, 15) is 4.79 Å². The molecule has 0 spiro atoms. The Labute approximate surface area is 183 Å². The fourth-order valence-corrected chi connectivity index (χ4v) is 4.62. The van der Waals surface area contributed by atoms with E-state index in [1.165, 1.54) is 18.4 Å². The molecule has 0 radical (unpaired) electrons. The summed E-state index contributed by atoms with van der Waals surface area (Å²) in [5.41, 5.74) is 4.45. The van der Waals surface area contributed by atoms with E-state index in [-0.39, 0.29) is 24.4 Å². The van der Waals surface area contributed by atoms with Crippen molar-refractivity contribution in [1.82, 2.24) is 20.4 Å². The van der Waals surface area contributed by atoms with Crippen molar-refractivity contribution in [3.63, 3.8) is 0 Å². The van der Waals surface area contributed by atoms with Gasteiger partial charge in [-0.25, -0.2) is 4.68 Å². The number of halogens is 1. The molecular formula is C24H27ClN4O. The van der Waals surface area contributed by atoms with Crippen molar-refractivity contribution in [3.8, 4) is 16.9 Å². The molecule has 5 nitrogen and oxygen atoms in total. The van der Waals surface area contributed by atoms with Crippen LogP contribution < -0.4 is 10.6 Å². The van der Waals surface area contributed by atoms with Crippen molar-refractivity contribution >= 4 is 18.3 Å². The van der Waals surface area contributed by atoms with Gasteiger partial charge < -0.3 is 10.6 Å². The van der Waals surface area contributed by atoms with Crippen LogP contribution in [0.4, 0.5) is 0 Å². The number of carbonyl (C=O) groups is 1. The van der Waals surface area contributed by atoms with Gasteiger partial charge in [-0.3, -0.25) is 4.79 Å². The van der Waals surface area contributed by atoms with E-state index in [1.54, 1.807) is 0 Å². The maximum atomic E-state index is 13.3. The van der Waals surface area contributed by atoms with Crippen molar-refractivity contribution in [2.45, 2.75) is 50.7 Å². The summed E-state index contributed by atoms with van der Waals surface area (Å²) in [5.74, 6) is -0.0338. The first-order chi connectivity index (χ1) is 14.2. The zero-order valence-corrected chi connectivity index (χ0v) is 17.9. The molecule has 2 fully saturated rings. The van der Waals surface area contributed by atoms with Gasteiger partial charge >= 0.3 is 0 Å². The summed E-state index contributed by atoms with van der Waals surface area (Å²) in [6.45, 7) is 2.06. The molecule has 3 heterocycles. The van der Waals surface area contributed by atoms with E-state index >= 15 is 0 Å². The number of nitrogens with zero attached hydrogens (tertiary/aromatic N) is 2. The maximum Gasteiger partial charge on any atom is 0.255 e. The first-order valence-corrected chi connectivity index (χ1v) is 10.4. The molecule has 30 heavy (non-hydrogen) atoms.